The zero-order valence-corrected chi connectivity index (χ0v) is 18.7. The molecule has 3 amide bonds. The summed E-state index contributed by atoms with van der Waals surface area (Å²) in [4.78, 5) is 38.1. The number of urea groups is 1. The number of carbonyl (C=O) groups excluding carboxylic acids is 3. The number of furan rings is 1. The summed E-state index contributed by atoms with van der Waals surface area (Å²) in [7, 11) is 1.23. The van der Waals surface area contributed by atoms with E-state index in [-0.39, 0.29) is 29.6 Å². The van der Waals surface area contributed by atoms with Crippen LogP contribution >= 0.6 is 0 Å². The van der Waals surface area contributed by atoms with Gasteiger partial charge in [-0.3, -0.25) is 9.69 Å². The van der Waals surface area contributed by atoms with E-state index < -0.39 is 17.9 Å². The van der Waals surface area contributed by atoms with Crippen LogP contribution in [0.2, 0.25) is 0 Å². The monoisotopic (exact) mass is 473 g/mol. The molecule has 0 saturated carbocycles. The molecule has 1 N–H and O–H groups in total. The summed E-state index contributed by atoms with van der Waals surface area (Å²) in [5, 5.41) is 3.51. The number of halogens is 1. The molecule has 35 heavy (non-hydrogen) atoms. The van der Waals surface area contributed by atoms with Crippen LogP contribution in [0.25, 0.3) is 17.0 Å². The van der Waals surface area contributed by atoms with Gasteiger partial charge in [-0.2, -0.15) is 0 Å². The van der Waals surface area contributed by atoms with Gasteiger partial charge in [0, 0.05) is 29.2 Å². The maximum absolute atomic E-state index is 13.3. The molecule has 3 heterocycles. The number of nitrogens with zero attached hydrogens (tertiary/aromatic N) is 2. The molecule has 0 spiro atoms. The van der Waals surface area contributed by atoms with E-state index in [4.69, 9.17) is 4.42 Å². The number of hydrogen-bond acceptors (Lipinski definition) is 5. The van der Waals surface area contributed by atoms with Crippen LogP contribution in [0.1, 0.15) is 27.4 Å². The Morgan fingerprint density at radius 1 is 1.06 bits per heavy atom. The highest BCUT2D eigenvalue weighted by atomic mass is 19.1. The predicted octanol–water partition coefficient (Wildman–Crippen LogP) is 4.30. The molecule has 2 aromatic heterocycles. The minimum atomic E-state index is -0.647. The number of hydrogen-bond donors (Lipinski definition) is 1. The standard InChI is InChI=1S/C26H20FN3O5/c1-34-25(32)23-11-10-19(35-23)15-30-24(31)21(28-26(30)33)12-17-14-29(22-5-3-2-4-20(17)22)13-16-6-8-18(27)9-7-16/h2-12,14H,13,15H2,1H3,(H,28,33)/b21-12-. The van der Waals surface area contributed by atoms with E-state index in [0.29, 0.717) is 6.54 Å². The van der Waals surface area contributed by atoms with Crippen LogP contribution in [0, 0.1) is 5.82 Å². The summed E-state index contributed by atoms with van der Waals surface area (Å²) in [6.07, 6.45) is 3.52. The van der Waals surface area contributed by atoms with Gasteiger partial charge in [0.1, 0.15) is 17.3 Å². The van der Waals surface area contributed by atoms with Crippen LogP contribution in [0.15, 0.2) is 77.0 Å². The van der Waals surface area contributed by atoms with Crippen molar-refractivity contribution >= 4 is 34.9 Å². The van der Waals surface area contributed by atoms with E-state index in [0.717, 1.165) is 26.9 Å². The average Bonchev–Trinajstić information content (AvgIpc) is 3.54. The SMILES string of the molecule is COC(=O)c1ccc(CN2C(=O)N/C(=C\c3cn(Cc4ccc(F)cc4)c4ccccc34)C2=O)o1. The number of ether oxygens (including phenoxy) is 1. The van der Waals surface area contributed by atoms with Gasteiger partial charge in [0.25, 0.3) is 5.91 Å². The van der Waals surface area contributed by atoms with Crippen molar-refractivity contribution < 1.29 is 27.9 Å². The molecule has 1 saturated heterocycles. The van der Waals surface area contributed by atoms with Gasteiger partial charge >= 0.3 is 12.0 Å². The normalized spacial score (nSPS) is 14.7. The van der Waals surface area contributed by atoms with E-state index in [1.54, 1.807) is 18.2 Å². The molecule has 0 radical (unpaired) electrons. The largest absolute Gasteiger partial charge is 0.463 e. The number of rotatable bonds is 6. The third-order valence-electron chi connectivity index (χ3n) is 5.71. The highest BCUT2D eigenvalue weighted by molar-refractivity contribution is 6.14. The number of methoxy groups -OCH3 is 1. The van der Waals surface area contributed by atoms with Crippen LogP contribution in [0.3, 0.4) is 0 Å². The number of aromatic nitrogens is 1. The number of fused-ring (bicyclic) bond motifs is 1. The topological polar surface area (TPSA) is 93.8 Å². The molecular formula is C26H20FN3O5. The van der Waals surface area contributed by atoms with Crippen molar-refractivity contribution in [3.8, 4) is 0 Å². The quantitative estimate of drug-likeness (QED) is 0.256. The van der Waals surface area contributed by atoms with E-state index in [1.807, 2.05) is 35.0 Å². The summed E-state index contributed by atoms with van der Waals surface area (Å²) < 4.78 is 25.3. The highest BCUT2D eigenvalue weighted by Crippen LogP contribution is 2.26. The molecule has 2 aromatic carbocycles. The summed E-state index contributed by atoms with van der Waals surface area (Å²) in [5.41, 5.74) is 2.73. The Hall–Kier alpha value is -4.66. The summed E-state index contributed by atoms with van der Waals surface area (Å²) in [6.45, 7) is 0.378. The first-order valence-corrected chi connectivity index (χ1v) is 10.8. The summed E-state index contributed by atoms with van der Waals surface area (Å²) in [5.74, 6) is -1.20. The smallest absolute Gasteiger partial charge is 0.373 e. The van der Waals surface area contributed by atoms with Crippen molar-refractivity contribution in [2.24, 2.45) is 0 Å². The van der Waals surface area contributed by atoms with Gasteiger partial charge in [0.15, 0.2) is 0 Å². The van der Waals surface area contributed by atoms with E-state index in [2.05, 4.69) is 10.1 Å². The first kappa shape index (κ1) is 22.1. The fourth-order valence-corrected chi connectivity index (χ4v) is 4.01. The van der Waals surface area contributed by atoms with Gasteiger partial charge in [-0.05, 0) is 42.0 Å². The molecule has 0 bridgehead atoms. The van der Waals surface area contributed by atoms with Crippen molar-refractivity contribution in [1.29, 1.82) is 0 Å². The van der Waals surface area contributed by atoms with E-state index in [1.165, 1.54) is 31.4 Å². The molecule has 8 nitrogen and oxygen atoms in total. The zero-order valence-electron chi connectivity index (χ0n) is 18.7. The van der Waals surface area contributed by atoms with Crippen LogP contribution in [0.4, 0.5) is 9.18 Å². The van der Waals surface area contributed by atoms with Crippen molar-refractivity contribution in [1.82, 2.24) is 14.8 Å². The first-order chi connectivity index (χ1) is 16.9. The van der Waals surface area contributed by atoms with Gasteiger partial charge < -0.3 is 19.0 Å². The Morgan fingerprint density at radius 3 is 2.60 bits per heavy atom. The van der Waals surface area contributed by atoms with Crippen LogP contribution in [-0.4, -0.2) is 34.5 Å². The van der Waals surface area contributed by atoms with Crippen molar-refractivity contribution in [3.05, 3.63) is 101 Å². The molecule has 0 unspecified atom stereocenters. The predicted molar refractivity (Wildman–Crippen MR) is 125 cm³/mol. The number of esters is 1. The molecule has 1 aliphatic rings. The number of benzene rings is 2. The second kappa shape index (κ2) is 8.94. The Labute approximate surface area is 199 Å². The summed E-state index contributed by atoms with van der Waals surface area (Å²) >= 11 is 0. The number of nitrogens with one attached hydrogen (secondary N) is 1. The van der Waals surface area contributed by atoms with Crippen molar-refractivity contribution in [2.75, 3.05) is 7.11 Å². The lowest BCUT2D eigenvalue weighted by Crippen LogP contribution is -2.30. The minimum absolute atomic E-state index is 0.0146. The Kier molecular flexibility index (Phi) is 5.66. The number of para-hydroxylation sites is 1. The maximum Gasteiger partial charge on any atom is 0.373 e. The second-order valence-corrected chi connectivity index (χ2v) is 7.99. The van der Waals surface area contributed by atoms with Gasteiger partial charge in [0.05, 0.1) is 13.7 Å². The molecule has 0 aliphatic carbocycles. The van der Waals surface area contributed by atoms with Crippen molar-refractivity contribution in [3.63, 3.8) is 0 Å². The van der Waals surface area contributed by atoms with Gasteiger partial charge in [0.2, 0.25) is 5.76 Å². The lowest BCUT2D eigenvalue weighted by Gasteiger charge is -2.09. The van der Waals surface area contributed by atoms with Crippen LogP contribution in [-0.2, 0) is 22.6 Å². The molecule has 1 aliphatic heterocycles. The first-order valence-electron chi connectivity index (χ1n) is 10.8. The maximum atomic E-state index is 13.3. The molecular weight excluding hydrogens is 453 g/mol. The number of amides is 3. The fraction of sp³-hybridized carbons (Fsp3) is 0.115. The van der Waals surface area contributed by atoms with Gasteiger partial charge in [-0.15, -0.1) is 0 Å². The van der Waals surface area contributed by atoms with Gasteiger partial charge in [-0.1, -0.05) is 30.3 Å². The van der Waals surface area contributed by atoms with Crippen molar-refractivity contribution in [2.45, 2.75) is 13.1 Å². The lowest BCUT2D eigenvalue weighted by molar-refractivity contribution is -0.123. The highest BCUT2D eigenvalue weighted by Gasteiger charge is 2.34. The minimum Gasteiger partial charge on any atom is -0.463 e. The van der Waals surface area contributed by atoms with E-state index in [9.17, 15) is 18.8 Å². The molecule has 9 heteroatoms. The second-order valence-electron chi connectivity index (χ2n) is 7.99. The molecule has 0 atom stereocenters. The van der Waals surface area contributed by atoms with Crippen LogP contribution < -0.4 is 5.32 Å². The van der Waals surface area contributed by atoms with E-state index >= 15 is 0 Å². The Balaban J connectivity index is 1.41. The Morgan fingerprint density at radius 2 is 1.83 bits per heavy atom. The van der Waals surface area contributed by atoms with Gasteiger partial charge in [-0.25, -0.2) is 14.0 Å². The molecule has 4 aromatic rings. The molecule has 1 fully saturated rings. The number of carbonyl (C=O) groups is 3. The Bertz CT molecular complexity index is 1480. The number of imide groups is 1. The third-order valence-corrected chi connectivity index (χ3v) is 5.71. The molecule has 5 rings (SSSR count). The average molecular weight is 473 g/mol. The van der Waals surface area contributed by atoms with Crippen LogP contribution in [0.5, 0.6) is 0 Å². The summed E-state index contributed by atoms with van der Waals surface area (Å²) in [6, 6.07) is 16.3. The fourth-order valence-electron chi connectivity index (χ4n) is 4.01. The molecule has 176 valence electrons. The lowest BCUT2D eigenvalue weighted by atomic mass is 10.1. The third kappa shape index (κ3) is 4.31. The zero-order chi connectivity index (χ0) is 24.5.